The Morgan fingerprint density at radius 3 is 2.77 bits per heavy atom. The minimum Gasteiger partial charge on any atom is -0.497 e. The highest BCUT2D eigenvalue weighted by atomic mass is 16.5. The number of carbonyl (C=O) groups is 1. The van der Waals surface area contributed by atoms with E-state index >= 15 is 0 Å². The fourth-order valence-corrected chi connectivity index (χ4v) is 3.34. The molecule has 9 heteroatoms. The van der Waals surface area contributed by atoms with Crippen molar-refractivity contribution < 1.29 is 14.1 Å². The van der Waals surface area contributed by atoms with E-state index in [2.05, 4.69) is 20.6 Å². The Kier molecular flexibility index (Phi) is 5.09. The maximum atomic E-state index is 13.0. The molecule has 0 saturated carbocycles. The lowest BCUT2D eigenvalue weighted by molar-refractivity contribution is 0.0904. The molecule has 0 aliphatic rings. The molecule has 30 heavy (non-hydrogen) atoms. The molecule has 0 spiro atoms. The molecule has 4 aromatic rings. The van der Waals surface area contributed by atoms with Gasteiger partial charge in [0.1, 0.15) is 23.3 Å². The third kappa shape index (κ3) is 3.69. The molecule has 1 N–H and O–H groups in total. The average Bonchev–Trinajstić information content (AvgIpc) is 3.46. The highest BCUT2D eigenvalue weighted by molar-refractivity contribution is 5.93. The van der Waals surface area contributed by atoms with Crippen LogP contribution < -0.4 is 10.1 Å². The fraction of sp³-hybridized carbons (Fsp3) is 0.238. The Hall–Kier alpha value is -3.88. The van der Waals surface area contributed by atoms with Crippen LogP contribution in [0.3, 0.4) is 0 Å². The molecule has 0 aliphatic carbocycles. The van der Waals surface area contributed by atoms with Crippen LogP contribution in [-0.2, 0) is 14.1 Å². The monoisotopic (exact) mass is 406 g/mol. The van der Waals surface area contributed by atoms with Crippen LogP contribution in [0.15, 0.2) is 53.4 Å². The van der Waals surface area contributed by atoms with Crippen molar-refractivity contribution >= 4 is 5.91 Å². The average molecular weight is 406 g/mol. The number of imidazole rings is 1. The molecule has 9 nitrogen and oxygen atoms in total. The minimum absolute atomic E-state index is 0.107. The lowest BCUT2D eigenvalue weighted by Crippen LogP contribution is -2.30. The first-order valence-corrected chi connectivity index (χ1v) is 9.35. The van der Waals surface area contributed by atoms with Crippen LogP contribution >= 0.6 is 0 Å². The van der Waals surface area contributed by atoms with Gasteiger partial charge in [0.05, 0.1) is 12.8 Å². The number of amides is 1. The Morgan fingerprint density at radius 1 is 1.27 bits per heavy atom. The van der Waals surface area contributed by atoms with Crippen molar-refractivity contribution in [2.24, 2.45) is 14.1 Å². The second-order valence-corrected chi connectivity index (χ2v) is 6.96. The standard InChI is InChI=1S/C21H22N6O3/c1-13-16(12-27(3)24-13)17-11-18(30-25-17)21(28)23-19(20-22-8-9-26(20)2)14-6-5-7-15(10-14)29-4/h5-12,19H,1-4H3,(H,23,28). The number of carbonyl (C=O) groups excluding carboxylic acids is 1. The molecule has 3 heterocycles. The Balaban J connectivity index is 1.64. The first-order valence-electron chi connectivity index (χ1n) is 9.35. The molecule has 0 aliphatic heterocycles. The largest absolute Gasteiger partial charge is 0.497 e. The molecule has 4 rings (SSSR count). The summed E-state index contributed by atoms with van der Waals surface area (Å²) in [5, 5.41) is 11.3. The van der Waals surface area contributed by atoms with Gasteiger partial charge in [-0.25, -0.2) is 4.98 Å². The molecule has 3 aromatic heterocycles. The van der Waals surface area contributed by atoms with Gasteiger partial charge in [-0.1, -0.05) is 17.3 Å². The summed E-state index contributed by atoms with van der Waals surface area (Å²) in [4.78, 5) is 17.4. The summed E-state index contributed by atoms with van der Waals surface area (Å²) in [6.07, 6.45) is 5.35. The first kappa shape index (κ1) is 19.4. The summed E-state index contributed by atoms with van der Waals surface area (Å²) >= 11 is 0. The van der Waals surface area contributed by atoms with E-state index in [9.17, 15) is 4.79 Å². The van der Waals surface area contributed by atoms with E-state index in [1.807, 2.05) is 62.2 Å². The van der Waals surface area contributed by atoms with Gasteiger partial charge in [0, 0.05) is 44.3 Å². The third-order valence-corrected chi connectivity index (χ3v) is 4.84. The third-order valence-electron chi connectivity index (χ3n) is 4.84. The summed E-state index contributed by atoms with van der Waals surface area (Å²) in [5.41, 5.74) is 3.01. The predicted molar refractivity (Wildman–Crippen MR) is 109 cm³/mol. The topological polar surface area (TPSA) is 100 Å². The van der Waals surface area contributed by atoms with E-state index in [0.29, 0.717) is 17.3 Å². The molecular formula is C21H22N6O3. The van der Waals surface area contributed by atoms with Gasteiger partial charge in [0.2, 0.25) is 5.76 Å². The van der Waals surface area contributed by atoms with Crippen molar-refractivity contribution in [3.05, 3.63) is 71.8 Å². The van der Waals surface area contributed by atoms with Crippen molar-refractivity contribution in [3.63, 3.8) is 0 Å². The van der Waals surface area contributed by atoms with Crippen molar-refractivity contribution in [2.75, 3.05) is 7.11 Å². The molecular weight excluding hydrogens is 384 g/mol. The molecule has 1 aromatic carbocycles. The van der Waals surface area contributed by atoms with Crippen LogP contribution in [0.25, 0.3) is 11.3 Å². The van der Waals surface area contributed by atoms with Gasteiger partial charge in [-0.15, -0.1) is 0 Å². The Morgan fingerprint density at radius 2 is 2.10 bits per heavy atom. The van der Waals surface area contributed by atoms with Gasteiger partial charge in [0.15, 0.2) is 0 Å². The van der Waals surface area contributed by atoms with E-state index in [-0.39, 0.29) is 5.76 Å². The number of aryl methyl sites for hydroxylation is 3. The van der Waals surface area contributed by atoms with Crippen LogP contribution in [0.2, 0.25) is 0 Å². The number of methoxy groups -OCH3 is 1. The molecule has 0 saturated heterocycles. The van der Waals surface area contributed by atoms with Crippen LogP contribution in [0.4, 0.5) is 0 Å². The van der Waals surface area contributed by atoms with Crippen molar-refractivity contribution in [1.82, 2.24) is 29.8 Å². The van der Waals surface area contributed by atoms with E-state index in [1.165, 1.54) is 0 Å². The van der Waals surface area contributed by atoms with E-state index in [0.717, 1.165) is 16.8 Å². The summed E-state index contributed by atoms with van der Waals surface area (Å²) in [6, 6.07) is 8.60. The van der Waals surface area contributed by atoms with Gasteiger partial charge in [-0.05, 0) is 24.6 Å². The number of ether oxygens (including phenoxy) is 1. The quantitative estimate of drug-likeness (QED) is 0.528. The van der Waals surface area contributed by atoms with Gasteiger partial charge in [-0.3, -0.25) is 9.48 Å². The second-order valence-electron chi connectivity index (χ2n) is 6.96. The summed E-state index contributed by atoms with van der Waals surface area (Å²) in [5.74, 6) is 1.08. The highest BCUT2D eigenvalue weighted by Crippen LogP contribution is 2.26. The maximum absolute atomic E-state index is 13.0. The normalized spacial score (nSPS) is 12.0. The summed E-state index contributed by atoms with van der Waals surface area (Å²) in [7, 11) is 5.30. The van der Waals surface area contributed by atoms with Gasteiger partial charge in [0.25, 0.3) is 5.91 Å². The molecule has 1 atom stereocenters. The number of nitrogens with one attached hydrogen (secondary N) is 1. The molecule has 1 amide bonds. The second kappa shape index (κ2) is 7.86. The SMILES string of the molecule is COc1cccc(C(NC(=O)c2cc(-c3cn(C)nc3C)no2)c2nccn2C)c1. The number of benzene rings is 1. The highest BCUT2D eigenvalue weighted by Gasteiger charge is 2.24. The van der Waals surface area contributed by atoms with Crippen molar-refractivity contribution in [3.8, 4) is 17.0 Å². The van der Waals surface area contributed by atoms with Gasteiger partial charge in [-0.2, -0.15) is 5.10 Å². The van der Waals surface area contributed by atoms with E-state index in [1.54, 1.807) is 24.1 Å². The number of hydrogen-bond acceptors (Lipinski definition) is 6. The summed E-state index contributed by atoms with van der Waals surface area (Å²) < 4.78 is 14.2. The van der Waals surface area contributed by atoms with Crippen molar-refractivity contribution in [2.45, 2.75) is 13.0 Å². The van der Waals surface area contributed by atoms with Crippen LogP contribution in [0.1, 0.15) is 33.7 Å². The number of aromatic nitrogens is 5. The zero-order valence-corrected chi connectivity index (χ0v) is 17.2. The lowest BCUT2D eigenvalue weighted by Gasteiger charge is -2.19. The van der Waals surface area contributed by atoms with Crippen LogP contribution in [0.5, 0.6) is 5.75 Å². The zero-order valence-electron chi connectivity index (χ0n) is 17.2. The molecule has 1 unspecified atom stereocenters. The smallest absolute Gasteiger partial charge is 0.290 e. The van der Waals surface area contributed by atoms with E-state index < -0.39 is 11.9 Å². The summed E-state index contributed by atoms with van der Waals surface area (Å²) in [6.45, 7) is 1.88. The minimum atomic E-state index is -0.499. The van der Waals surface area contributed by atoms with Gasteiger partial charge >= 0.3 is 0 Å². The fourth-order valence-electron chi connectivity index (χ4n) is 3.34. The molecule has 0 fully saturated rings. The zero-order chi connectivity index (χ0) is 21.3. The number of rotatable bonds is 6. The van der Waals surface area contributed by atoms with Crippen LogP contribution in [0, 0.1) is 6.92 Å². The first-order chi connectivity index (χ1) is 14.5. The Bertz CT molecular complexity index is 1190. The molecule has 0 radical (unpaired) electrons. The Labute approximate surface area is 173 Å². The molecule has 0 bridgehead atoms. The predicted octanol–water partition coefficient (Wildman–Crippen LogP) is 2.65. The van der Waals surface area contributed by atoms with Crippen LogP contribution in [-0.4, -0.2) is 37.5 Å². The van der Waals surface area contributed by atoms with Gasteiger partial charge < -0.3 is 19.1 Å². The number of nitrogens with zero attached hydrogens (tertiary/aromatic N) is 5. The van der Waals surface area contributed by atoms with E-state index in [4.69, 9.17) is 9.26 Å². The van der Waals surface area contributed by atoms with Crippen molar-refractivity contribution in [1.29, 1.82) is 0 Å². The maximum Gasteiger partial charge on any atom is 0.290 e. The molecule has 154 valence electrons. The lowest BCUT2D eigenvalue weighted by atomic mass is 10.1. The number of hydrogen-bond donors (Lipinski definition) is 1.